The fourth-order valence-corrected chi connectivity index (χ4v) is 2.93. The van der Waals surface area contributed by atoms with E-state index >= 15 is 0 Å². The van der Waals surface area contributed by atoms with Crippen molar-refractivity contribution >= 4 is 17.7 Å². The van der Waals surface area contributed by atoms with Crippen LogP contribution >= 0.6 is 0 Å². The van der Waals surface area contributed by atoms with Crippen LogP contribution in [0.5, 0.6) is 5.75 Å². The van der Waals surface area contributed by atoms with Crippen LogP contribution in [0.15, 0.2) is 24.3 Å². The second-order valence-corrected chi connectivity index (χ2v) is 6.60. The van der Waals surface area contributed by atoms with Gasteiger partial charge in [0, 0.05) is 25.2 Å². The molecule has 0 radical (unpaired) electrons. The van der Waals surface area contributed by atoms with E-state index < -0.39 is 11.4 Å². The lowest BCUT2D eigenvalue weighted by molar-refractivity contribution is -0.146. The van der Waals surface area contributed by atoms with E-state index in [-0.39, 0.29) is 18.7 Å². The summed E-state index contributed by atoms with van der Waals surface area (Å²) in [4.78, 5) is 25.0. The lowest BCUT2D eigenvalue weighted by Gasteiger charge is -2.20. The number of likely N-dealkylation sites (tertiary alicyclic amines) is 1. The summed E-state index contributed by atoms with van der Waals surface area (Å²) < 4.78 is 11.0. The summed E-state index contributed by atoms with van der Waals surface area (Å²) in [5.74, 6) is -0.127. The van der Waals surface area contributed by atoms with Crippen LogP contribution in [0.4, 0.5) is 10.5 Å². The first-order chi connectivity index (χ1) is 11.5. The van der Waals surface area contributed by atoms with E-state index in [0.717, 1.165) is 18.8 Å². The minimum atomic E-state index is -0.866. The first-order valence-corrected chi connectivity index (χ1v) is 8.10. The normalized spacial score (nSPS) is 26.4. The van der Waals surface area contributed by atoms with Crippen molar-refractivity contribution < 1.29 is 24.2 Å². The van der Waals surface area contributed by atoms with Gasteiger partial charge in [0.2, 0.25) is 0 Å². The van der Waals surface area contributed by atoms with Crippen LogP contribution in [0, 0.1) is 5.41 Å². The number of carbonyl (C=O) groups is 2. The van der Waals surface area contributed by atoms with E-state index in [1.165, 1.54) is 4.90 Å². The van der Waals surface area contributed by atoms with Gasteiger partial charge in [-0.1, -0.05) is 0 Å². The van der Waals surface area contributed by atoms with Gasteiger partial charge in [0.25, 0.3) is 0 Å². The molecule has 1 aromatic rings. The predicted octanol–water partition coefficient (Wildman–Crippen LogP) is 2.18. The first kappa shape index (κ1) is 16.6. The fraction of sp³-hybridized carbons (Fsp3) is 0.529. The molecule has 2 amide bonds. The molecule has 2 saturated heterocycles. The highest BCUT2D eigenvalue weighted by atomic mass is 16.5. The molecule has 24 heavy (non-hydrogen) atoms. The fourth-order valence-electron chi connectivity index (χ4n) is 2.93. The van der Waals surface area contributed by atoms with Crippen molar-refractivity contribution in [2.45, 2.75) is 25.9 Å². The third kappa shape index (κ3) is 3.62. The van der Waals surface area contributed by atoms with Crippen molar-refractivity contribution in [1.29, 1.82) is 0 Å². The van der Waals surface area contributed by atoms with Crippen molar-refractivity contribution in [3.8, 4) is 5.75 Å². The maximum Gasteiger partial charge on any atom is 0.321 e. The summed E-state index contributed by atoms with van der Waals surface area (Å²) in [6.45, 7) is 3.66. The number of aliphatic carboxylic acids is 1. The SMILES string of the molecule is CC1(C(=O)O)CCN(C(=O)Nc2ccc(OC3CCOC3)cc2)C1. The second kappa shape index (κ2) is 6.68. The van der Waals surface area contributed by atoms with E-state index in [9.17, 15) is 14.7 Å². The number of nitrogens with one attached hydrogen (secondary N) is 1. The molecule has 0 bridgehead atoms. The van der Waals surface area contributed by atoms with Crippen molar-refractivity contribution in [2.24, 2.45) is 5.41 Å². The van der Waals surface area contributed by atoms with E-state index in [0.29, 0.717) is 25.3 Å². The molecule has 2 fully saturated rings. The number of amides is 2. The van der Waals surface area contributed by atoms with Gasteiger partial charge in [-0.05, 0) is 37.6 Å². The Morgan fingerprint density at radius 3 is 2.71 bits per heavy atom. The Labute approximate surface area is 140 Å². The monoisotopic (exact) mass is 334 g/mol. The standard InChI is InChI=1S/C17H22N2O5/c1-17(15(20)21)7-8-19(11-17)16(22)18-12-2-4-13(5-3-12)24-14-6-9-23-10-14/h2-5,14H,6-11H2,1H3,(H,18,22)(H,20,21). The Morgan fingerprint density at radius 2 is 2.12 bits per heavy atom. The van der Waals surface area contributed by atoms with Crippen molar-refractivity contribution in [2.75, 3.05) is 31.6 Å². The average Bonchev–Trinajstić information content (AvgIpc) is 3.20. The molecule has 2 atom stereocenters. The van der Waals surface area contributed by atoms with Gasteiger partial charge in [-0.25, -0.2) is 4.79 Å². The number of nitrogens with zero attached hydrogens (tertiary/aromatic N) is 1. The average molecular weight is 334 g/mol. The number of benzene rings is 1. The molecule has 2 N–H and O–H groups in total. The molecule has 7 heteroatoms. The molecular formula is C17H22N2O5. The zero-order valence-corrected chi connectivity index (χ0v) is 13.7. The smallest absolute Gasteiger partial charge is 0.321 e. The van der Waals surface area contributed by atoms with Crippen LogP contribution in [0.1, 0.15) is 19.8 Å². The molecule has 2 aliphatic heterocycles. The number of anilines is 1. The summed E-state index contributed by atoms with van der Waals surface area (Å²) >= 11 is 0. The molecule has 130 valence electrons. The number of hydrogen-bond donors (Lipinski definition) is 2. The molecule has 3 rings (SSSR count). The first-order valence-electron chi connectivity index (χ1n) is 8.10. The summed E-state index contributed by atoms with van der Waals surface area (Å²) in [6.07, 6.45) is 1.44. The Balaban J connectivity index is 1.54. The molecule has 0 spiro atoms. The van der Waals surface area contributed by atoms with Gasteiger partial charge in [0.1, 0.15) is 11.9 Å². The minimum Gasteiger partial charge on any atom is -0.488 e. The van der Waals surface area contributed by atoms with Crippen molar-refractivity contribution in [1.82, 2.24) is 4.90 Å². The Hall–Kier alpha value is -2.28. The third-order valence-corrected chi connectivity index (χ3v) is 4.57. The van der Waals surface area contributed by atoms with Gasteiger partial charge in [0.15, 0.2) is 0 Å². The number of hydrogen-bond acceptors (Lipinski definition) is 4. The third-order valence-electron chi connectivity index (χ3n) is 4.57. The molecule has 0 aliphatic carbocycles. The summed E-state index contributed by atoms with van der Waals surface area (Å²) in [7, 11) is 0. The topological polar surface area (TPSA) is 88.1 Å². The zero-order chi connectivity index (χ0) is 17.2. The van der Waals surface area contributed by atoms with E-state index in [4.69, 9.17) is 9.47 Å². The van der Waals surface area contributed by atoms with Crippen molar-refractivity contribution in [3.63, 3.8) is 0 Å². The van der Waals surface area contributed by atoms with Gasteiger partial charge in [-0.3, -0.25) is 4.79 Å². The van der Waals surface area contributed by atoms with E-state index in [1.54, 1.807) is 31.2 Å². The lowest BCUT2D eigenvalue weighted by atomic mass is 9.90. The molecule has 2 heterocycles. The summed E-state index contributed by atoms with van der Waals surface area (Å²) in [5.41, 5.74) is -0.211. The molecule has 0 aromatic heterocycles. The van der Waals surface area contributed by atoms with Gasteiger partial charge in [-0.2, -0.15) is 0 Å². The van der Waals surface area contributed by atoms with Crippen molar-refractivity contribution in [3.05, 3.63) is 24.3 Å². The van der Waals surface area contributed by atoms with Gasteiger partial charge < -0.3 is 24.8 Å². The lowest BCUT2D eigenvalue weighted by Crippen LogP contribution is -2.37. The van der Waals surface area contributed by atoms with Crippen LogP contribution in [-0.4, -0.2) is 54.4 Å². The highest BCUT2D eigenvalue weighted by Gasteiger charge is 2.42. The number of carboxylic acid groups (broad SMARTS) is 1. The van der Waals surface area contributed by atoms with Crippen LogP contribution in [0.2, 0.25) is 0 Å². The number of urea groups is 1. The molecule has 2 aliphatic rings. The van der Waals surface area contributed by atoms with Crippen LogP contribution < -0.4 is 10.1 Å². The largest absolute Gasteiger partial charge is 0.488 e. The maximum absolute atomic E-state index is 12.3. The number of carboxylic acids is 1. The molecular weight excluding hydrogens is 312 g/mol. The van der Waals surface area contributed by atoms with Gasteiger partial charge in [-0.15, -0.1) is 0 Å². The Bertz CT molecular complexity index is 612. The summed E-state index contributed by atoms with van der Waals surface area (Å²) in [6, 6.07) is 6.88. The molecule has 0 saturated carbocycles. The van der Waals surface area contributed by atoms with E-state index in [2.05, 4.69) is 5.32 Å². The second-order valence-electron chi connectivity index (χ2n) is 6.60. The zero-order valence-electron chi connectivity index (χ0n) is 13.7. The van der Waals surface area contributed by atoms with Crippen LogP contribution in [-0.2, 0) is 9.53 Å². The summed E-state index contributed by atoms with van der Waals surface area (Å²) in [5, 5.41) is 12.0. The highest BCUT2D eigenvalue weighted by molar-refractivity contribution is 5.90. The molecule has 1 aromatic carbocycles. The maximum atomic E-state index is 12.3. The van der Waals surface area contributed by atoms with Gasteiger partial charge in [0.05, 0.1) is 18.6 Å². The number of carbonyl (C=O) groups excluding carboxylic acids is 1. The predicted molar refractivity (Wildman–Crippen MR) is 87.2 cm³/mol. The quantitative estimate of drug-likeness (QED) is 0.881. The van der Waals surface area contributed by atoms with Crippen LogP contribution in [0.3, 0.4) is 0 Å². The Morgan fingerprint density at radius 1 is 1.38 bits per heavy atom. The highest BCUT2D eigenvalue weighted by Crippen LogP contribution is 2.30. The molecule has 2 unspecified atom stereocenters. The minimum absolute atomic E-state index is 0.0868. The number of rotatable bonds is 4. The van der Waals surface area contributed by atoms with Crippen LogP contribution in [0.25, 0.3) is 0 Å². The Kier molecular flexibility index (Phi) is 4.62. The van der Waals surface area contributed by atoms with Gasteiger partial charge >= 0.3 is 12.0 Å². The molecule has 7 nitrogen and oxygen atoms in total. The van der Waals surface area contributed by atoms with E-state index in [1.807, 2.05) is 0 Å². The number of ether oxygens (including phenoxy) is 2.